The Labute approximate surface area is 153 Å². The summed E-state index contributed by atoms with van der Waals surface area (Å²) in [5.74, 6) is 1.32. The van der Waals surface area contributed by atoms with Gasteiger partial charge in [-0.25, -0.2) is 9.78 Å². The minimum absolute atomic E-state index is 0. The summed E-state index contributed by atoms with van der Waals surface area (Å²) in [4.78, 5) is 21.7. The van der Waals surface area contributed by atoms with Crippen LogP contribution in [0.1, 0.15) is 30.9 Å². The van der Waals surface area contributed by atoms with Crippen molar-refractivity contribution in [2.45, 2.75) is 31.2 Å². The first-order chi connectivity index (χ1) is 10.6. The zero-order valence-corrected chi connectivity index (χ0v) is 14.9. The first-order valence-corrected chi connectivity index (χ1v) is 7.67. The maximum absolute atomic E-state index is 11.5. The standard InChI is InChI=1S/C14H22N6O2.2ClH/c15-10-6-9(7-10)11-8-12(19-13(16)18-11)17-2-4-20-3-1-5-22-14(20)21;;/h8-10H,1-7,15H2,(H3,16,17,18,19);2*1H. The number of nitrogens with two attached hydrogens (primary N) is 2. The van der Waals surface area contributed by atoms with Crippen molar-refractivity contribution in [2.24, 2.45) is 5.73 Å². The predicted octanol–water partition coefficient (Wildman–Crippen LogP) is 1.36. The maximum atomic E-state index is 11.5. The van der Waals surface area contributed by atoms with E-state index in [1.54, 1.807) is 4.90 Å². The molecule has 8 nitrogen and oxygen atoms in total. The van der Waals surface area contributed by atoms with E-state index in [2.05, 4.69) is 15.3 Å². The number of hydrogen-bond donors (Lipinski definition) is 3. The molecule has 5 N–H and O–H groups in total. The largest absolute Gasteiger partial charge is 0.449 e. The number of cyclic esters (lactones) is 1. The molecule has 136 valence electrons. The molecule has 2 heterocycles. The minimum atomic E-state index is -0.251. The van der Waals surface area contributed by atoms with Gasteiger partial charge in [-0.05, 0) is 19.3 Å². The molecule has 1 aromatic heterocycles. The number of rotatable bonds is 5. The quantitative estimate of drug-likeness (QED) is 0.707. The Bertz CT molecular complexity index is 556. The lowest BCUT2D eigenvalue weighted by Gasteiger charge is -2.32. The molecular weight excluding hydrogens is 355 g/mol. The molecule has 2 fully saturated rings. The van der Waals surface area contributed by atoms with Crippen molar-refractivity contribution in [1.29, 1.82) is 0 Å². The van der Waals surface area contributed by atoms with Crippen molar-refractivity contribution >= 4 is 42.7 Å². The summed E-state index contributed by atoms with van der Waals surface area (Å²) in [6, 6.07) is 2.18. The van der Waals surface area contributed by atoms with Gasteiger partial charge >= 0.3 is 6.09 Å². The Kier molecular flexibility index (Phi) is 7.78. The number of anilines is 2. The van der Waals surface area contributed by atoms with E-state index in [0.29, 0.717) is 31.4 Å². The Morgan fingerprint density at radius 3 is 2.75 bits per heavy atom. The van der Waals surface area contributed by atoms with Crippen molar-refractivity contribution < 1.29 is 9.53 Å². The van der Waals surface area contributed by atoms with Gasteiger partial charge in [0.25, 0.3) is 0 Å². The third-order valence-electron chi connectivity index (χ3n) is 4.10. The Morgan fingerprint density at radius 2 is 2.08 bits per heavy atom. The van der Waals surface area contributed by atoms with Gasteiger partial charge < -0.3 is 26.4 Å². The zero-order chi connectivity index (χ0) is 15.5. The molecule has 1 aromatic rings. The van der Waals surface area contributed by atoms with Gasteiger partial charge in [0, 0.05) is 37.7 Å². The molecular formula is C14H24Cl2N6O2. The van der Waals surface area contributed by atoms with E-state index in [1.165, 1.54) is 0 Å². The number of nitrogens with one attached hydrogen (secondary N) is 1. The second kappa shape index (κ2) is 9.10. The molecule has 10 heteroatoms. The fourth-order valence-electron chi connectivity index (χ4n) is 2.81. The Morgan fingerprint density at radius 1 is 1.33 bits per heavy atom. The van der Waals surface area contributed by atoms with Crippen LogP contribution in [0.4, 0.5) is 16.6 Å². The molecule has 1 aliphatic heterocycles. The van der Waals surface area contributed by atoms with E-state index in [1.807, 2.05) is 6.07 Å². The highest BCUT2D eigenvalue weighted by atomic mass is 35.5. The molecule has 0 unspecified atom stereocenters. The molecule has 2 aliphatic rings. The number of nitrogens with zero attached hydrogens (tertiary/aromatic N) is 3. The number of amides is 1. The summed E-state index contributed by atoms with van der Waals surface area (Å²) < 4.78 is 5.00. The minimum Gasteiger partial charge on any atom is -0.449 e. The fraction of sp³-hybridized carbons (Fsp3) is 0.643. The first kappa shape index (κ1) is 20.5. The smallest absolute Gasteiger partial charge is 0.409 e. The summed E-state index contributed by atoms with van der Waals surface area (Å²) in [5.41, 5.74) is 12.5. The SMILES string of the molecule is Cl.Cl.Nc1nc(NCCN2CCCOC2=O)cc(C2CC(N)C2)n1. The van der Waals surface area contributed by atoms with Gasteiger partial charge in [0.1, 0.15) is 5.82 Å². The van der Waals surface area contributed by atoms with Crippen LogP contribution >= 0.6 is 24.8 Å². The van der Waals surface area contributed by atoms with Gasteiger partial charge in [0.05, 0.1) is 12.3 Å². The van der Waals surface area contributed by atoms with E-state index in [4.69, 9.17) is 16.2 Å². The monoisotopic (exact) mass is 378 g/mol. The van der Waals surface area contributed by atoms with E-state index in [9.17, 15) is 4.79 Å². The van der Waals surface area contributed by atoms with Gasteiger partial charge in [-0.15, -0.1) is 24.8 Å². The second-order valence-electron chi connectivity index (χ2n) is 5.85. The third kappa shape index (κ3) is 4.99. The molecule has 1 saturated carbocycles. The van der Waals surface area contributed by atoms with Gasteiger partial charge in [-0.1, -0.05) is 0 Å². The Balaban J connectivity index is 0.00000144. The van der Waals surface area contributed by atoms with Crippen molar-refractivity contribution in [3.8, 4) is 0 Å². The van der Waals surface area contributed by atoms with Crippen molar-refractivity contribution in [1.82, 2.24) is 14.9 Å². The molecule has 1 saturated heterocycles. The van der Waals surface area contributed by atoms with Gasteiger partial charge in [-0.2, -0.15) is 4.98 Å². The van der Waals surface area contributed by atoms with E-state index >= 15 is 0 Å². The average Bonchev–Trinajstić information content (AvgIpc) is 2.45. The van der Waals surface area contributed by atoms with Gasteiger partial charge in [0.2, 0.25) is 5.95 Å². The van der Waals surface area contributed by atoms with Crippen LogP contribution in [0, 0.1) is 0 Å². The summed E-state index contributed by atoms with van der Waals surface area (Å²) in [6.07, 6.45) is 2.50. The lowest BCUT2D eigenvalue weighted by molar-refractivity contribution is 0.0746. The van der Waals surface area contributed by atoms with Crippen LogP contribution in [0.25, 0.3) is 0 Å². The normalized spacial score (nSPS) is 22.5. The lowest BCUT2D eigenvalue weighted by Crippen LogP contribution is -2.40. The molecule has 0 atom stereocenters. The van der Waals surface area contributed by atoms with Crippen LogP contribution in [0.5, 0.6) is 0 Å². The van der Waals surface area contributed by atoms with Crippen LogP contribution < -0.4 is 16.8 Å². The number of ether oxygens (including phenoxy) is 1. The number of carbonyl (C=O) groups is 1. The van der Waals surface area contributed by atoms with Crippen LogP contribution in [0.3, 0.4) is 0 Å². The highest BCUT2D eigenvalue weighted by molar-refractivity contribution is 5.85. The van der Waals surface area contributed by atoms with Crippen molar-refractivity contribution in [3.05, 3.63) is 11.8 Å². The summed E-state index contributed by atoms with van der Waals surface area (Å²) in [6.45, 7) is 2.41. The summed E-state index contributed by atoms with van der Waals surface area (Å²) >= 11 is 0. The molecule has 0 spiro atoms. The Hall–Kier alpha value is -1.51. The molecule has 1 aliphatic carbocycles. The second-order valence-corrected chi connectivity index (χ2v) is 5.85. The van der Waals surface area contributed by atoms with Crippen LogP contribution in [-0.4, -0.2) is 53.2 Å². The number of hydrogen-bond acceptors (Lipinski definition) is 7. The molecule has 0 radical (unpaired) electrons. The van der Waals surface area contributed by atoms with Crippen molar-refractivity contribution in [2.75, 3.05) is 37.3 Å². The number of carbonyl (C=O) groups excluding carboxylic acids is 1. The third-order valence-corrected chi connectivity index (χ3v) is 4.10. The van der Waals surface area contributed by atoms with Crippen LogP contribution in [0.15, 0.2) is 6.07 Å². The van der Waals surface area contributed by atoms with E-state index in [-0.39, 0.29) is 42.9 Å². The van der Waals surface area contributed by atoms with Crippen LogP contribution in [0.2, 0.25) is 0 Å². The number of halogens is 2. The maximum Gasteiger partial charge on any atom is 0.409 e. The zero-order valence-electron chi connectivity index (χ0n) is 13.3. The summed E-state index contributed by atoms with van der Waals surface area (Å²) in [5, 5.41) is 3.20. The van der Waals surface area contributed by atoms with E-state index in [0.717, 1.165) is 31.5 Å². The lowest BCUT2D eigenvalue weighted by atomic mass is 9.78. The highest BCUT2D eigenvalue weighted by Gasteiger charge is 2.29. The molecule has 0 aromatic carbocycles. The summed E-state index contributed by atoms with van der Waals surface area (Å²) in [7, 11) is 0. The number of nitrogen functional groups attached to an aromatic ring is 1. The topological polar surface area (TPSA) is 119 Å². The number of aromatic nitrogens is 2. The van der Waals surface area contributed by atoms with E-state index < -0.39 is 0 Å². The van der Waals surface area contributed by atoms with Crippen LogP contribution in [-0.2, 0) is 4.74 Å². The molecule has 3 rings (SSSR count). The highest BCUT2D eigenvalue weighted by Crippen LogP contribution is 2.35. The van der Waals surface area contributed by atoms with Crippen molar-refractivity contribution in [3.63, 3.8) is 0 Å². The predicted molar refractivity (Wildman–Crippen MR) is 96.9 cm³/mol. The molecule has 0 bridgehead atoms. The van der Waals surface area contributed by atoms with Gasteiger partial charge in [0.15, 0.2) is 0 Å². The molecule has 24 heavy (non-hydrogen) atoms. The first-order valence-electron chi connectivity index (χ1n) is 7.67. The molecule has 1 amide bonds. The average molecular weight is 379 g/mol. The fourth-order valence-corrected chi connectivity index (χ4v) is 2.81. The van der Waals surface area contributed by atoms with Gasteiger partial charge in [-0.3, -0.25) is 0 Å².